The van der Waals surface area contributed by atoms with Gasteiger partial charge in [0.1, 0.15) is 0 Å². The van der Waals surface area contributed by atoms with E-state index >= 15 is 0 Å². The summed E-state index contributed by atoms with van der Waals surface area (Å²) in [5.74, 6) is 1.92. The molecule has 0 bridgehead atoms. The van der Waals surface area contributed by atoms with Gasteiger partial charge in [0.25, 0.3) is 0 Å². The van der Waals surface area contributed by atoms with Gasteiger partial charge in [0.15, 0.2) is 0 Å². The molecule has 0 radical (unpaired) electrons. The highest BCUT2D eigenvalue weighted by Gasteiger charge is 2.58. The second-order valence-electron chi connectivity index (χ2n) is 9.83. The monoisotopic (exact) mass is 361 g/mol. The van der Waals surface area contributed by atoms with E-state index in [-0.39, 0.29) is 17.5 Å². The zero-order chi connectivity index (χ0) is 17.9. The van der Waals surface area contributed by atoms with E-state index in [0.717, 1.165) is 25.6 Å². The average molecular weight is 362 g/mol. The van der Waals surface area contributed by atoms with Gasteiger partial charge in [0, 0.05) is 36.0 Å². The van der Waals surface area contributed by atoms with Gasteiger partial charge in [-0.25, -0.2) is 5.01 Å². The topological polar surface area (TPSA) is 68.4 Å². The summed E-state index contributed by atoms with van der Waals surface area (Å²) in [6.07, 6.45) is 8.02. The van der Waals surface area contributed by atoms with Crippen LogP contribution >= 0.6 is 0 Å². The third-order valence-electron chi connectivity index (χ3n) is 8.15. The van der Waals surface area contributed by atoms with E-state index in [9.17, 15) is 4.79 Å². The molecule has 7 atom stereocenters. The molecule has 5 fully saturated rings. The zero-order valence-electron chi connectivity index (χ0n) is 16.3. The minimum absolute atomic E-state index is 0.155. The van der Waals surface area contributed by atoms with Crippen LogP contribution in [0.1, 0.15) is 52.4 Å². The molecule has 146 valence electrons. The normalized spacial score (nSPS) is 48.2. The van der Waals surface area contributed by atoms with Gasteiger partial charge in [0.05, 0.1) is 6.17 Å². The van der Waals surface area contributed by atoms with E-state index in [1.165, 1.54) is 38.5 Å². The van der Waals surface area contributed by atoms with Gasteiger partial charge >= 0.3 is 0 Å². The van der Waals surface area contributed by atoms with Gasteiger partial charge in [-0.15, -0.1) is 0 Å². The van der Waals surface area contributed by atoms with Crippen LogP contribution in [0.15, 0.2) is 0 Å². The fourth-order valence-corrected chi connectivity index (χ4v) is 6.87. The first-order valence-corrected chi connectivity index (χ1v) is 10.9. The quantitative estimate of drug-likeness (QED) is 0.586. The maximum absolute atomic E-state index is 12.6. The van der Waals surface area contributed by atoms with Crippen molar-refractivity contribution in [3.63, 3.8) is 0 Å². The lowest BCUT2D eigenvalue weighted by Gasteiger charge is -2.44. The molecule has 6 nitrogen and oxygen atoms in total. The Morgan fingerprint density at radius 2 is 1.88 bits per heavy atom. The first-order chi connectivity index (χ1) is 12.6. The van der Waals surface area contributed by atoms with Crippen molar-refractivity contribution in [1.82, 2.24) is 26.4 Å². The Morgan fingerprint density at radius 1 is 1.04 bits per heavy atom. The molecule has 0 spiro atoms. The number of carbonyl (C=O) groups is 1. The molecule has 6 heteroatoms. The number of hydrazine groups is 1. The summed E-state index contributed by atoms with van der Waals surface area (Å²) >= 11 is 0. The van der Waals surface area contributed by atoms with Crippen LogP contribution in [0.3, 0.4) is 0 Å². The largest absolute Gasteiger partial charge is 0.340 e. The second-order valence-corrected chi connectivity index (χ2v) is 9.83. The van der Waals surface area contributed by atoms with Crippen molar-refractivity contribution in [2.45, 2.75) is 76.7 Å². The van der Waals surface area contributed by atoms with Crippen LogP contribution in [0.4, 0.5) is 0 Å². The van der Waals surface area contributed by atoms with E-state index in [1.54, 1.807) is 0 Å². The number of hydrogen-bond donors (Lipinski definition) is 4. The predicted molar refractivity (Wildman–Crippen MR) is 101 cm³/mol. The van der Waals surface area contributed by atoms with Crippen LogP contribution in [0.5, 0.6) is 0 Å². The molecular weight excluding hydrogens is 326 g/mol. The van der Waals surface area contributed by atoms with Crippen LogP contribution in [-0.4, -0.2) is 54.8 Å². The van der Waals surface area contributed by atoms with Crippen molar-refractivity contribution in [1.29, 1.82) is 0 Å². The number of carbonyl (C=O) groups excluding carboxylic acids is 1. The number of nitrogens with zero attached hydrogens (tertiary/aromatic N) is 1. The molecule has 26 heavy (non-hydrogen) atoms. The van der Waals surface area contributed by atoms with Crippen molar-refractivity contribution in [3.05, 3.63) is 0 Å². The number of hydrogen-bond acceptors (Lipinski definition) is 5. The summed E-state index contributed by atoms with van der Waals surface area (Å²) in [6, 6.07) is 1.86. The van der Waals surface area contributed by atoms with E-state index in [0.29, 0.717) is 30.0 Å². The molecule has 4 heterocycles. The molecule has 4 aliphatic heterocycles. The molecule has 0 aromatic carbocycles. The van der Waals surface area contributed by atoms with Gasteiger partial charge in [-0.2, -0.15) is 0 Å². The lowest BCUT2D eigenvalue weighted by Crippen LogP contribution is -2.57. The van der Waals surface area contributed by atoms with Crippen LogP contribution in [0.2, 0.25) is 0 Å². The summed E-state index contributed by atoms with van der Waals surface area (Å²) in [4.78, 5) is 12.6. The Balaban J connectivity index is 1.43. The highest BCUT2D eigenvalue weighted by molar-refractivity contribution is 5.85. The van der Waals surface area contributed by atoms with E-state index in [2.05, 4.69) is 40.2 Å². The van der Waals surface area contributed by atoms with E-state index in [1.807, 2.05) is 0 Å². The van der Waals surface area contributed by atoms with Crippen molar-refractivity contribution >= 4 is 5.91 Å². The Morgan fingerprint density at radius 3 is 2.69 bits per heavy atom. The van der Waals surface area contributed by atoms with E-state index in [4.69, 9.17) is 0 Å². The van der Waals surface area contributed by atoms with Crippen molar-refractivity contribution in [2.24, 2.45) is 23.2 Å². The predicted octanol–water partition coefficient (Wildman–Crippen LogP) is 0.804. The lowest BCUT2D eigenvalue weighted by atomic mass is 9.64. The highest BCUT2D eigenvalue weighted by atomic mass is 16.2. The molecule has 0 aromatic rings. The molecule has 1 aliphatic carbocycles. The van der Waals surface area contributed by atoms with Crippen LogP contribution in [0, 0.1) is 23.2 Å². The number of amides is 1. The van der Waals surface area contributed by atoms with Gasteiger partial charge in [-0.3, -0.25) is 15.5 Å². The molecule has 1 saturated carbocycles. The minimum atomic E-state index is -0.281. The van der Waals surface area contributed by atoms with Crippen LogP contribution in [0.25, 0.3) is 0 Å². The standard InChI is InChI=1S/C20H35N5O/c1-20(2)16-14(8-10-22-18(16)23-19(20)26)17-13-5-3-4-6-15(13)25(24-17)12-7-9-21-11-12/h12-18,21-22,24H,3-11H2,1-2H3,(H,23,26)/t12-,13?,14?,15?,16?,17?,18?/m0/s1. The molecular formula is C20H35N5O. The molecule has 6 unspecified atom stereocenters. The molecule has 4 N–H and O–H groups in total. The fourth-order valence-electron chi connectivity index (χ4n) is 6.87. The number of rotatable bonds is 2. The zero-order valence-corrected chi connectivity index (χ0v) is 16.3. The number of fused-ring (bicyclic) bond motifs is 2. The molecule has 4 saturated heterocycles. The molecule has 5 aliphatic rings. The summed E-state index contributed by atoms with van der Waals surface area (Å²) in [7, 11) is 0. The van der Waals surface area contributed by atoms with Crippen LogP contribution in [-0.2, 0) is 4.79 Å². The minimum Gasteiger partial charge on any atom is -0.340 e. The van der Waals surface area contributed by atoms with Gasteiger partial charge in [0.2, 0.25) is 5.91 Å². The Kier molecular flexibility index (Phi) is 4.31. The van der Waals surface area contributed by atoms with Crippen LogP contribution < -0.4 is 21.4 Å². The third-order valence-corrected chi connectivity index (χ3v) is 8.15. The fraction of sp³-hybridized carbons (Fsp3) is 0.950. The summed E-state index contributed by atoms with van der Waals surface area (Å²) < 4.78 is 0. The Labute approximate surface area is 157 Å². The smallest absolute Gasteiger partial charge is 0.227 e. The van der Waals surface area contributed by atoms with Crippen molar-refractivity contribution in [2.75, 3.05) is 19.6 Å². The molecule has 5 rings (SSSR count). The Hall–Kier alpha value is -0.690. The van der Waals surface area contributed by atoms with Gasteiger partial charge in [-0.1, -0.05) is 26.7 Å². The first-order valence-electron chi connectivity index (χ1n) is 10.9. The summed E-state index contributed by atoms with van der Waals surface area (Å²) in [5, 5.41) is 13.0. The molecule has 1 amide bonds. The van der Waals surface area contributed by atoms with Gasteiger partial charge < -0.3 is 10.6 Å². The third kappa shape index (κ3) is 2.56. The number of nitrogens with one attached hydrogen (secondary N) is 4. The summed E-state index contributed by atoms with van der Waals surface area (Å²) in [5.41, 5.74) is 3.76. The lowest BCUT2D eigenvalue weighted by molar-refractivity contribution is -0.127. The summed E-state index contributed by atoms with van der Waals surface area (Å²) in [6.45, 7) is 7.59. The van der Waals surface area contributed by atoms with Gasteiger partial charge in [-0.05, 0) is 50.6 Å². The first kappa shape index (κ1) is 17.4. The highest BCUT2D eigenvalue weighted by Crippen LogP contribution is 2.49. The maximum Gasteiger partial charge on any atom is 0.227 e. The van der Waals surface area contributed by atoms with E-state index < -0.39 is 0 Å². The number of piperidine rings is 1. The second kappa shape index (κ2) is 6.43. The average Bonchev–Trinajstić information content (AvgIpc) is 3.33. The van der Waals surface area contributed by atoms with Crippen molar-refractivity contribution < 1.29 is 4.79 Å². The van der Waals surface area contributed by atoms with Crippen molar-refractivity contribution in [3.8, 4) is 0 Å². The maximum atomic E-state index is 12.6. The Bertz CT molecular complexity index is 560. The molecule has 0 aromatic heterocycles. The SMILES string of the molecule is CC1(C)C(=O)NC2NCCC(C3NN([C@H]4CCNC4)C4CCCCC34)C21.